The maximum atomic E-state index is 6.09. The molecule has 3 rings (SSSR count). The Morgan fingerprint density at radius 1 is 1.10 bits per heavy atom. The van der Waals surface area contributed by atoms with Crippen LogP contribution in [-0.2, 0) is 6.54 Å². The van der Waals surface area contributed by atoms with Gasteiger partial charge in [0.1, 0.15) is 5.66 Å². The topological polar surface area (TPSA) is 80.0 Å². The van der Waals surface area contributed by atoms with Gasteiger partial charge in [-0.15, -0.1) is 12.4 Å². The standard InChI is InChI=1S/C14H19N5.ClH/c15-12-17-13(16)19(10-11-6-2-1-3-7-11)14(18-12)8-4-5-9-14;/h1-3,6-7H,4-5,8-10H2,(H4,15,16,17,18);1H. The molecule has 0 atom stereocenters. The highest BCUT2D eigenvalue weighted by atomic mass is 35.5. The van der Waals surface area contributed by atoms with Gasteiger partial charge in [-0.3, -0.25) is 0 Å². The first kappa shape index (κ1) is 14.7. The molecule has 1 saturated carbocycles. The first-order chi connectivity index (χ1) is 9.20. The summed E-state index contributed by atoms with van der Waals surface area (Å²) in [5.41, 5.74) is 12.8. The van der Waals surface area contributed by atoms with Crippen LogP contribution in [0.2, 0.25) is 0 Å². The Bertz CT molecular complexity index is 520. The molecule has 0 radical (unpaired) electrons. The van der Waals surface area contributed by atoms with Crippen LogP contribution in [0.4, 0.5) is 0 Å². The first-order valence-corrected chi connectivity index (χ1v) is 6.71. The summed E-state index contributed by atoms with van der Waals surface area (Å²) in [5, 5.41) is 0. The molecule has 0 aromatic heterocycles. The van der Waals surface area contributed by atoms with E-state index in [1.807, 2.05) is 18.2 Å². The molecule has 2 aliphatic rings. The van der Waals surface area contributed by atoms with Gasteiger partial charge in [0.15, 0.2) is 0 Å². The Morgan fingerprint density at radius 2 is 1.75 bits per heavy atom. The van der Waals surface area contributed by atoms with E-state index < -0.39 is 0 Å². The SMILES string of the molecule is Cl.NC1=NC2(CCCC2)N(Cc2ccccc2)C(N)=N1. The van der Waals surface area contributed by atoms with Crippen LogP contribution >= 0.6 is 12.4 Å². The molecule has 1 heterocycles. The summed E-state index contributed by atoms with van der Waals surface area (Å²) < 4.78 is 0. The van der Waals surface area contributed by atoms with Gasteiger partial charge in [-0.05, 0) is 31.2 Å². The fourth-order valence-corrected chi connectivity index (χ4v) is 3.01. The van der Waals surface area contributed by atoms with Crippen molar-refractivity contribution in [2.45, 2.75) is 37.9 Å². The van der Waals surface area contributed by atoms with Crippen molar-refractivity contribution >= 4 is 24.3 Å². The van der Waals surface area contributed by atoms with Gasteiger partial charge in [-0.1, -0.05) is 30.3 Å². The second-order valence-electron chi connectivity index (χ2n) is 5.20. The monoisotopic (exact) mass is 293 g/mol. The van der Waals surface area contributed by atoms with Gasteiger partial charge in [0.2, 0.25) is 11.9 Å². The second-order valence-corrected chi connectivity index (χ2v) is 5.20. The molecule has 1 aliphatic carbocycles. The molecule has 6 heteroatoms. The zero-order chi connectivity index (χ0) is 13.3. The fourth-order valence-electron chi connectivity index (χ4n) is 3.01. The van der Waals surface area contributed by atoms with Crippen LogP contribution in [0.3, 0.4) is 0 Å². The van der Waals surface area contributed by atoms with Crippen molar-refractivity contribution in [1.82, 2.24) is 4.90 Å². The molecule has 0 amide bonds. The Labute approximate surface area is 125 Å². The summed E-state index contributed by atoms with van der Waals surface area (Å²) >= 11 is 0. The van der Waals surface area contributed by atoms with Crippen LogP contribution in [-0.4, -0.2) is 22.5 Å². The minimum atomic E-state index is -0.272. The Hall–Kier alpha value is -1.75. The number of hydrogen-bond donors (Lipinski definition) is 2. The van der Waals surface area contributed by atoms with E-state index in [1.165, 1.54) is 5.56 Å². The van der Waals surface area contributed by atoms with E-state index in [9.17, 15) is 0 Å². The maximum absolute atomic E-state index is 6.09. The predicted octanol–water partition coefficient (Wildman–Crippen LogP) is 1.82. The summed E-state index contributed by atoms with van der Waals surface area (Å²) in [6, 6.07) is 10.3. The number of nitrogens with zero attached hydrogens (tertiary/aromatic N) is 3. The lowest BCUT2D eigenvalue weighted by Crippen LogP contribution is -2.55. The molecule has 0 bridgehead atoms. The van der Waals surface area contributed by atoms with Crippen molar-refractivity contribution < 1.29 is 0 Å². The Balaban J connectivity index is 0.00000147. The average molecular weight is 294 g/mol. The van der Waals surface area contributed by atoms with Crippen LogP contribution in [0.5, 0.6) is 0 Å². The quantitative estimate of drug-likeness (QED) is 0.873. The highest BCUT2D eigenvalue weighted by Gasteiger charge is 2.42. The van der Waals surface area contributed by atoms with Crippen molar-refractivity contribution in [3.63, 3.8) is 0 Å². The van der Waals surface area contributed by atoms with Gasteiger partial charge in [0.05, 0.1) is 0 Å². The predicted molar refractivity (Wildman–Crippen MR) is 83.7 cm³/mol. The zero-order valence-corrected chi connectivity index (χ0v) is 12.1. The van der Waals surface area contributed by atoms with Crippen molar-refractivity contribution in [3.05, 3.63) is 35.9 Å². The zero-order valence-electron chi connectivity index (χ0n) is 11.3. The van der Waals surface area contributed by atoms with E-state index in [2.05, 4.69) is 27.0 Å². The minimum Gasteiger partial charge on any atom is -0.369 e. The average Bonchev–Trinajstić information content (AvgIpc) is 2.84. The maximum Gasteiger partial charge on any atom is 0.220 e. The van der Waals surface area contributed by atoms with E-state index in [4.69, 9.17) is 11.5 Å². The van der Waals surface area contributed by atoms with E-state index in [-0.39, 0.29) is 18.1 Å². The highest BCUT2D eigenvalue weighted by molar-refractivity contribution is 5.95. The molecular weight excluding hydrogens is 274 g/mol. The van der Waals surface area contributed by atoms with Crippen LogP contribution < -0.4 is 11.5 Å². The number of benzene rings is 1. The second kappa shape index (κ2) is 5.71. The molecule has 1 aromatic carbocycles. The number of guanidine groups is 2. The Kier molecular flexibility index (Phi) is 4.18. The van der Waals surface area contributed by atoms with Crippen molar-refractivity contribution in [3.8, 4) is 0 Å². The molecule has 0 saturated heterocycles. The van der Waals surface area contributed by atoms with Gasteiger partial charge < -0.3 is 16.4 Å². The molecule has 1 spiro atoms. The van der Waals surface area contributed by atoms with Gasteiger partial charge >= 0.3 is 0 Å². The third-order valence-electron chi connectivity index (χ3n) is 3.92. The number of nitrogens with two attached hydrogens (primary N) is 2. The first-order valence-electron chi connectivity index (χ1n) is 6.71. The van der Waals surface area contributed by atoms with Crippen molar-refractivity contribution in [1.29, 1.82) is 0 Å². The lowest BCUT2D eigenvalue weighted by Gasteiger charge is -2.41. The third kappa shape index (κ3) is 2.58. The van der Waals surface area contributed by atoms with Crippen molar-refractivity contribution in [2.75, 3.05) is 0 Å². The fraction of sp³-hybridized carbons (Fsp3) is 0.429. The van der Waals surface area contributed by atoms with Gasteiger partial charge in [-0.2, -0.15) is 4.99 Å². The van der Waals surface area contributed by atoms with Crippen LogP contribution in [0, 0.1) is 0 Å². The van der Waals surface area contributed by atoms with E-state index in [1.54, 1.807) is 0 Å². The largest absolute Gasteiger partial charge is 0.369 e. The van der Waals surface area contributed by atoms with Gasteiger partial charge in [0.25, 0.3) is 0 Å². The molecule has 4 N–H and O–H groups in total. The number of hydrogen-bond acceptors (Lipinski definition) is 5. The van der Waals surface area contributed by atoms with Crippen molar-refractivity contribution in [2.24, 2.45) is 21.5 Å². The lowest BCUT2D eigenvalue weighted by molar-refractivity contribution is 0.173. The van der Waals surface area contributed by atoms with Crippen LogP contribution in [0.25, 0.3) is 0 Å². The van der Waals surface area contributed by atoms with Crippen LogP contribution in [0.1, 0.15) is 31.2 Å². The number of aliphatic imine (C=N–C) groups is 2. The molecular formula is C14H20ClN5. The third-order valence-corrected chi connectivity index (χ3v) is 3.92. The van der Waals surface area contributed by atoms with Gasteiger partial charge in [0, 0.05) is 6.54 Å². The molecule has 1 aromatic rings. The summed E-state index contributed by atoms with van der Waals surface area (Å²) in [4.78, 5) is 10.8. The lowest BCUT2D eigenvalue weighted by atomic mass is 10.1. The van der Waals surface area contributed by atoms with E-state index in [0.717, 1.165) is 32.2 Å². The van der Waals surface area contributed by atoms with E-state index >= 15 is 0 Å². The molecule has 0 unspecified atom stereocenters. The van der Waals surface area contributed by atoms with E-state index in [0.29, 0.717) is 11.9 Å². The summed E-state index contributed by atoms with van der Waals surface area (Å²) in [6.07, 6.45) is 4.32. The number of halogens is 1. The summed E-state index contributed by atoms with van der Waals surface area (Å²) in [6.45, 7) is 0.729. The molecule has 108 valence electrons. The Morgan fingerprint density at radius 3 is 2.40 bits per heavy atom. The summed E-state index contributed by atoms with van der Waals surface area (Å²) in [5.74, 6) is 0.793. The highest BCUT2D eigenvalue weighted by Crippen LogP contribution is 2.38. The van der Waals surface area contributed by atoms with Crippen LogP contribution in [0.15, 0.2) is 40.3 Å². The smallest absolute Gasteiger partial charge is 0.220 e. The molecule has 1 aliphatic heterocycles. The number of rotatable bonds is 2. The minimum absolute atomic E-state index is 0. The molecule has 5 nitrogen and oxygen atoms in total. The summed E-state index contributed by atoms with van der Waals surface area (Å²) in [7, 11) is 0. The normalized spacial score (nSPS) is 20.3. The van der Waals surface area contributed by atoms with Gasteiger partial charge in [-0.25, -0.2) is 4.99 Å². The molecule has 20 heavy (non-hydrogen) atoms. The molecule has 1 fully saturated rings.